The van der Waals surface area contributed by atoms with Crippen molar-refractivity contribution in [2.45, 2.75) is 26.1 Å². The Kier molecular flexibility index (Phi) is 4.82. The highest BCUT2D eigenvalue weighted by molar-refractivity contribution is 5.21. The van der Waals surface area contributed by atoms with E-state index in [1.54, 1.807) is 12.3 Å². The van der Waals surface area contributed by atoms with Gasteiger partial charge in [-0.05, 0) is 31.7 Å². The predicted molar refractivity (Wildman–Crippen MR) is 78.4 cm³/mol. The molecule has 0 saturated heterocycles. The minimum absolute atomic E-state index is 0.00724. The van der Waals surface area contributed by atoms with E-state index in [2.05, 4.69) is 9.88 Å². The highest BCUT2D eigenvalue weighted by atomic mass is 19.1. The summed E-state index contributed by atoms with van der Waals surface area (Å²) in [4.78, 5) is 6.44. The molecular formula is C16H20FN3. The summed E-state index contributed by atoms with van der Waals surface area (Å²) in [6.07, 6.45) is 1.79. The lowest BCUT2D eigenvalue weighted by Crippen LogP contribution is -2.23. The number of nitrogens with two attached hydrogens (primary N) is 1. The molecule has 0 aliphatic heterocycles. The second-order valence-corrected chi connectivity index (χ2v) is 4.97. The van der Waals surface area contributed by atoms with Crippen molar-refractivity contribution in [1.29, 1.82) is 0 Å². The van der Waals surface area contributed by atoms with Gasteiger partial charge in [-0.2, -0.15) is 0 Å². The minimum atomic E-state index is -0.168. The Hall–Kier alpha value is -1.78. The summed E-state index contributed by atoms with van der Waals surface area (Å²) >= 11 is 0. The van der Waals surface area contributed by atoms with Crippen LogP contribution in [0.5, 0.6) is 0 Å². The average Bonchev–Trinajstić information content (AvgIpc) is 2.48. The second-order valence-electron chi connectivity index (χ2n) is 4.97. The Morgan fingerprint density at radius 3 is 2.60 bits per heavy atom. The minimum Gasteiger partial charge on any atom is -0.326 e. The normalized spacial score (nSPS) is 12.7. The van der Waals surface area contributed by atoms with Gasteiger partial charge in [-0.25, -0.2) is 4.39 Å². The van der Waals surface area contributed by atoms with Gasteiger partial charge in [0.2, 0.25) is 0 Å². The molecule has 0 aliphatic carbocycles. The van der Waals surface area contributed by atoms with Gasteiger partial charge in [-0.3, -0.25) is 9.88 Å². The first-order valence-corrected chi connectivity index (χ1v) is 6.70. The molecule has 4 heteroatoms. The molecular weight excluding hydrogens is 253 g/mol. The summed E-state index contributed by atoms with van der Waals surface area (Å²) in [6.45, 7) is 3.15. The largest absolute Gasteiger partial charge is 0.326 e. The number of pyridine rings is 1. The summed E-state index contributed by atoms with van der Waals surface area (Å²) in [5.41, 5.74) is 8.22. The number of hydrogen-bond acceptors (Lipinski definition) is 3. The van der Waals surface area contributed by atoms with Crippen LogP contribution in [0, 0.1) is 5.82 Å². The first kappa shape index (κ1) is 14.6. The van der Waals surface area contributed by atoms with Crippen molar-refractivity contribution < 1.29 is 4.39 Å². The molecule has 0 fully saturated rings. The average molecular weight is 273 g/mol. The molecule has 2 rings (SSSR count). The number of rotatable bonds is 5. The number of hydrogen-bond donors (Lipinski definition) is 1. The van der Waals surface area contributed by atoms with E-state index in [9.17, 15) is 4.39 Å². The predicted octanol–water partition coefficient (Wildman–Crippen LogP) is 2.87. The molecule has 2 N–H and O–H groups in total. The topological polar surface area (TPSA) is 42.1 Å². The van der Waals surface area contributed by atoms with Gasteiger partial charge in [0.25, 0.3) is 0 Å². The zero-order valence-electron chi connectivity index (χ0n) is 11.9. The smallest absolute Gasteiger partial charge is 0.127 e. The van der Waals surface area contributed by atoms with Crippen LogP contribution >= 0.6 is 0 Å². The van der Waals surface area contributed by atoms with Crippen molar-refractivity contribution in [1.82, 2.24) is 9.88 Å². The lowest BCUT2D eigenvalue weighted by atomic mass is 10.1. The van der Waals surface area contributed by atoms with Crippen molar-refractivity contribution in [2.75, 3.05) is 7.05 Å². The third kappa shape index (κ3) is 3.40. The summed E-state index contributed by atoms with van der Waals surface area (Å²) < 4.78 is 13.8. The van der Waals surface area contributed by atoms with Crippen molar-refractivity contribution in [3.8, 4) is 0 Å². The van der Waals surface area contributed by atoms with Crippen LogP contribution in [0.2, 0.25) is 0 Å². The number of aromatic nitrogens is 1. The molecule has 1 heterocycles. The van der Waals surface area contributed by atoms with Crippen LogP contribution < -0.4 is 5.73 Å². The summed E-state index contributed by atoms with van der Waals surface area (Å²) in [5.74, 6) is -0.168. The van der Waals surface area contributed by atoms with Crippen LogP contribution in [0.15, 0.2) is 42.6 Å². The van der Waals surface area contributed by atoms with Gasteiger partial charge in [0.1, 0.15) is 5.82 Å². The van der Waals surface area contributed by atoms with Crippen molar-refractivity contribution in [2.24, 2.45) is 5.73 Å². The maximum absolute atomic E-state index is 13.8. The molecule has 106 valence electrons. The van der Waals surface area contributed by atoms with Gasteiger partial charge in [0.15, 0.2) is 0 Å². The molecule has 3 nitrogen and oxygen atoms in total. The molecule has 1 atom stereocenters. The van der Waals surface area contributed by atoms with E-state index in [0.717, 1.165) is 11.3 Å². The van der Waals surface area contributed by atoms with Crippen molar-refractivity contribution in [3.63, 3.8) is 0 Å². The second kappa shape index (κ2) is 6.59. The SMILES string of the molecule is CC(c1ccccc1F)N(C)Cc1ccc(CN)cn1. The van der Waals surface area contributed by atoms with E-state index in [4.69, 9.17) is 5.73 Å². The highest BCUT2D eigenvalue weighted by Crippen LogP contribution is 2.22. The fraction of sp³-hybridized carbons (Fsp3) is 0.312. The van der Waals surface area contributed by atoms with Gasteiger partial charge in [-0.15, -0.1) is 0 Å². The van der Waals surface area contributed by atoms with Crippen molar-refractivity contribution in [3.05, 3.63) is 65.2 Å². The molecule has 0 aliphatic rings. The van der Waals surface area contributed by atoms with Crippen LogP contribution in [0.1, 0.15) is 29.8 Å². The maximum atomic E-state index is 13.8. The third-order valence-corrected chi connectivity index (χ3v) is 3.55. The van der Waals surface area contributed by atoms with E-state index in [0.29, 0.717) is 18.7 Å². The van der Waals surface area contributed by atoms with E-state index < -0.39 is 0 Å². The first-order valence-electron chi connectivity index (χ1n) is 6.70. The van der Waals surface area contributed by atoms with Gasteiger partial charge in [-0.1, -0.05) is 24.3 Å². The molecule has 0 amide bonds. The fourth-order valence-corrected chi connectivity index (χ4v) is 2.11. The lowest BCUT2D eigenvalue weighted by molar-refractivity contribution is 0.245. The van der Waals surface area contributed by atoms with Crippen LogP contribution in [0.25, 0.3) is 0 Å². The number of benzene rings is 1. The monoisotopic (exact) mass is 273 g/mol. The Balaban J connectivity index is 2.07. The summed E-state index contributed by atoms with van der Waals surface area (Å²) in [6, 6.07) is 10.8. The van der Waals surface area contributed by atoms with E-state index in [1.807, 2.05) is 38.2 Å². The van der Waals surface area contributed by atoms with E-state index in [1.165, 1.54) is 6.07 Å². The van der Waals surface area contributed by atoms with Crippen LogP contribution in [0.4, 0.5) is 4.39 Å². The molecule has 20 heavy (non-hydrogen) atoms. The molecule has 1 aromatic heterocycles. The van der Waals surface area contributed by atoms with Gasteiger partial charge < -0.3 is 5.73 Å². The molecule has 0 saturated carbocycles. The third-order valence-electron chi connectivity index (χ3n) is 3.55. The van der Waals surface area contributed by atoms with E-state index in [-0.39, 0.29) is 11.9 Å². The summed E-state index contributed by atoms with van der Waals surface area (Å²) in [5, 5.41) is 0. The Bertz CT molecular complexity index is 554. The van der Waals surface area contributed by atoms with Gasteiger partial charge in [0.05, 0.1) is 5.69 Å². The molecule has 0 bridgehead atoms. The molecule has 0 spiro atoms. The Labute approximate surface area is 119 Å². The number of nitrogens with zero attached hydrogens (tertiary/aromatic N) is 2. The van der Waals surface area contributed by atoms with Crippen molar-refractivity contribution >= 4 is 0 Å². The Morgan fingerprint density at radius 1 is 1.25 bits per heavy atom. The fourth-order valence-electron chi connectivity index (χ4n) is 2.11. The van der Waals surface area contributed by atoms with Crippen LogP contribution in [0.3, 0.4) is 0 Å². The quantitative estimate of drug-likeness (QED) is 0.911. The molecule has 2 aromatic rings. The number of halogens is 1. The zero-order chi connectivity index (χ0) is 14.5. The van der Waals surface area contributed by atoms with E-state index >= 15 is 0 Å². The van der Waals surface area contributed by atoms with Crippen LogP contribution in [-0.4, -0.2) is 16.9 Å². The molecule has 1 unspecified atom stereocenters. The standard InChI is InChI=1S/C16H20FN3/c1-12(15-5-3-4-6-16(15)17)20(2)11-14-8-7-13(9-18)10-19-14/h3-8,10,12H,9,11,18H2,1-2H3. The van der Waals surface area contributed by atoms with Gasteiger partial charge >= 0.3 is 0 Å². The molecule has 0 radical (unpaired) electrons. The summed E-state index contributed by atoms with van der Waals surface area (Å²) in [7, 11) is 1.97. The zero-order valence-corrected chi connectivity index (χ0v) is 11.9. The van der Waals surface area contributed by atoms with Gasteiger partial charge in [0, 0.05) is 30.9 Å². The Morgan fingerprint density at radius 2 is 2.00 bits per heavy atom. The lowest BCUT2D eigenvalue weighted by Gasteiger charge is -2.25. The highest BCUT2D eigenvalue weighted by Gasteiger charge is 2.15. The van der Waals surface area contributed by atoms with Crippen LogP contribution in [-0.2, 0) is 13.1 Å². The first-order chi connectivity index (χ1) is 9.61. The maximum Gasteiger partial charge on any atom is 0.127 e. The molecule has 1 aromatic carbocycles.